The number of nitrogens with two attached hydrogens (primary N) is 1. The van der Waals surface area contributed by atoms with Crippen LogP contribution in [0.2, 0.25) is 0 Å². The van der Waals surface area contributed by atoms with E-state index in [1.54, 1.807) is 4.57 Å². The zero-order valence-corrected chi connectivity index (χ0v) is 7.63. The van der Waals surface area contributed by atoms with Crippen molar-refractivity contribution in [3.05, 3.63) is 27.4 Å². The maximum atomic E-state index is 10.8. The van der Waals surface area contributed by atoms with Gasteiger partial charge in [-0.25, -0.2) is 0 Å². The molecule has 0 aliphatic carbocycles. The maximum Gasteiger partial charge on any atom is 0.251 e. The number of carbonyl (C=O) groups is 1. The van der Waals surface area contributed by atoms with Gasteiger partial charge in [0.1, 0.15) is 0 Å². The zero-order valence-electron chi connectivity index (χ0n) is 6.82. The van der Waals surface area contributed by atoms with Gasteiger partial charge in [-0.05, 0) is 12.2 Å². The minimum Gasteiger partial charge on any atom is -0.370 e. The maximum absolute atomic E-state index is 10.8. The quantitative estimate of drug-likeness (QED) is 0.660. The fourth-order valence-electron chi connectivity index (χ4n) is 0.851. The zero-order chi connectivity index (χ0) is 9.84. The molecule has 6 heteroatoms. The van der Waals surface area contributed by atoms with Crippen molar-refractivity contribution in [1.29, 1.82) is 0 Å². The minimum atomic E-state index is -0.395. The Hall–Kier alpha value is -1.43. The number of aryl methyl sites for hydroxylation is 1. The summed E-state index contributed by atoms with van der Waals surface area (Å²) in [6.07, 6.45) is 1.74. The molecule has 0 atom stereocenters. The van der Waals surface area contributed by atoms with Crippen LogP contribution in [0.5, 0.6) is 0 Å². The average molecular weight is 199 g/mol. The lowest BCUT2D eigenvalue weighted by molar-refractivity contribution is -0.118. The van der Waals surface area contributed by atoms with Gasteiger partial charge in [0.05, 0.1) is 0 Å². The van der Waals surface area contributed by atoms with Crippen LogP contribution in [0.15, 0.2) is 17.1 Å². The van der Waals surface area contributed by atoms with Gasteiger partial charge in [-0.1, -0.05) is 0 Å². The van der Waals surface area contributed by atoms with Gasteiger partial charge in [0.25, 0.3) is 5.56 Å². The van der Waals surface area contributed by atoms with E-state index in [0.717, 1.165) is 0 Å². The third-order valence-corrected chi connectivity index (χ3v) is 1.83. The summed E-state index contributed by atoms with van der Waals surface area (Å²) in [5.41, 5.74) is 4.71. The SMILES string of the molecule is NC(=O)CCn1ccc(=O)[nH]c1=S. The van der Waals surface area contributed by atoms with E-state index in [1.165, 1.54) is 12.3 Å². The lowest BCUT2D eigenvalue weighted by Gasteiger charge is -2.02. The van der Waals surface area contributed by atoms with Crippen LogP contribution >= 0.6 is 12.2 Å². The molecular formula is C7H9N3O2S. The van der Waals surface area contributed by atoms with Crippen molar-refractivity contribution >= 4 is 18.1 Å². The van der Waals surface area contributed by atoms with E-state index in [1.807, 2.05) is 0 Å². The third kappa shape index (κ3) is 2.83. The normalized spacial score (nSPS) is 9.85. The molecule has 0 radical (unpaired) electrons. The smallest absolute Gasteiger partial charge is 0.251 e. The summed E-state index contributed by atoms with van der Waals surface area (Å²) < 4.78 is 1.88. The Morgan fingerprint density at radius 2 is 2.38 bits per heavy atom. The number of primary amides is 1. The molecule has 1 amide bonds. The van der Waals surface area contributed by atoms with Gasteiger partial charge in [0.15, 0.2) is 4.77 Å². The molecule has 1 rings (SSSR count). The minimum absolute atomic E-state index is 0.209. The first-order valence-corrected chi connectivity index (χ1v) is 4.08. The second-order valence-corrected chi connectivity index (χ2v) is 2.91. The van der Waals surface area contributed by atoms with Crippen molar-refractivity contribution in [2.24, 2.45) is 5.73 Å². The Labute approximate surface area is 79.2 Å². The molecule has 3 N–H and O–H groups in total. The van der Waals surface area contributed by atoms with Crippen molar-refractivity contribution < 1.29 is 4.79 Å². The van der Waals surface area contributed by atoms with Gasteiger partial charge in [-0.15, -0.1) is 0 Å². The van der Waals surface area contributed by atoms with E-state index in [-0.39, 0.29) is 12.0 Å². The molecule has 0 aliphatic rings. The first-order valence-electron chi connectivity index (χ1n) is 3.67. The van der Waals surface area contributed by atoms with Crippen molar-refractivity contribution in [1.82, 2.24) is 9.55 Å². The van der Waals surface area contributed by atoms with Gasteiger partial charge in [-0.3, -0.25) is 14.6 Å². The number of aromatic nitrogens is 2. The average Bonchev–Trinajstić information content (AvgIpc) is 2.02. The Kier molecular flexibility index (Phi) is 2.97. The Morgan fingerprint density at radius 1 is 1.69 bits per heavy atom. The van der Waals surface area contributed by atoms with Crippen molar-refractivity contribution in [2.45, 2.75) is 13.0 Å². The monoisotopic (exact) mass is 199 g/mol. The molecule has 0 saturated heterocycles. The summed E-state index contributed by atoms with van der Waals surface area (Å²) in [6.45, 7) is 0.394. The fourth-order valence-corrected chi connectivity index (χ4v) is 1.10. The number of hydrogen-bond donors (Lipinski definition) is 2. The molecule has 0 fully saturated rings. The number of hydrogen-bond acceptors (Lipinski definition) is 3. The summed E-state index contributed by atoms with van der Waals surface area (Å²) >= 11 is 4.85. The summed E-state index contributed by atoms with van der Waals surface area (Å²) in [6, 6.07) is 1.34. The second-order valence-electron chi connectivity index (χ2n) is 2.52. The number of aromatic amines is 1. The van der Waals surface area contributed by atoms with Gasteiger partial charge in [-0.2, -0.15) is 0 Å². The summed E-state index contributed by atoms with van der Waals surface area (Å²) in [7, 11) is 0. The molecule has 0 aromatic carbocycles. The van der Waals surface area contributed by atoms with Crippen molar-refractivity contribution in [3.8, 4) is 0 Å². The van der Waals surface area contributed by atoms with Gasteiger partial charge in [0.2, 0.25) is 5.91 Å². The molecule has 1 heterocycles. The molecule has 70 valence electrons. The fraction of sp³-hybridized carbons (Fsp3) is 0.286. The highest BCUT2D eigenvalue weighted by molar-refractivity contribution is 7.71. The molecule has 13 heavy (non-hydrogen) atoms. The Morgan fingerprint density at radius 3 is 2.92 bits per heavy atom. The van der Waals surface area contributed by atoms with Crippen LogP contribution in [0.25, 0.3) is 0 Å². The largest absolute Gasteiger partial charge is 0.370 e. The van der Waals surface area contributed by atoms with Crippen LogP contribution in [-0.4, -0.2) is 15.5 Å². The predicted molar refractivity (Wildman–Crippen MR) is 49.7 cm³/mol. The number of amides is 1. The topological polar surface area (TPSA) is 80.9 Å². The van der Waals surface area contributed by atoms with E-state index in [2.05, 4.69) is 4.98 Å². The third-order valence-electron chi connectivity index (χ3n) is 1.50. The molecular weight excluding hydrogens is 190 g/mol. The first kappa shape index (κ1) is 9.66. The lowest BCUT2D eigenvalue weighted by Crippen LogP contribution is -2.16. The molecule has 0 bridgehead atoms. The molecule has 5 nitrogen and oxygen atoms in total. The van der Waals surface area contributed by atoms with Gasteiger partial charge < -0.3 is 10.3 Å². The van der Waals surface area contributed by atoms with Crippen LogP contribution in [-0.2, 0) is 11.3 Å². The lowest BCUT2D eigenvalue weighted by atomic mass is 10.4. The summed E-state index contributed by atoms with van der Waals surface area (Å²) in [5.74, 6) is -0.395. The number of nitrogens with one attached hydrogen (secondary N) is 1. The summed E-state index contributed by atoms with van der Waals surface area (Å²) in [4.78, 5) is 23.6. The highest BCUT2D eigenvalue weighted by Crippen LogP contribution is 1.89. The standard InChI is InChI=1S/C7H9N3O2S/c8-5(11)1-3-10-4-2-6(12)9-7(10)13/h2,4H,1,3H2,(H2,8,11)(H,9,12,13). The number of carbonyl (C=O) groups excluding carboxylic acids is 1. The molecule has 0 aliphatic heterocycles. The Balaban J connectivity index is 2.84. The van der Waals surface area contributed by atoms with Crippen LogP contribution in [0.3, 0.4) is 0 Å². The van der Waals surface area contributed by atoms with E-state index < -0.39 is 5.91 Å². The second kappa shape index (κ2) is 3.99. The van der Waals surface area contributed by atoms with Gasteiger partial charge in [0, 0.05) is 25.2 Å². The van der Waals surface area contributed by atoms with Crippen LogP contribution in [0.1, 0.15) is 6.42 Å². The number of H-pyrrole nitrogens is 1. The van der Waals surface area contributed by atoms with Crippen molar-refractivity contribution in [2.75, 3.05) is 0 Å². The van der Waals surface area contributed by atoms with E-state index in [4.69, 9.17) is 18.0 Å². The predicted octanol–water partition coefficient (Wildman–Crippen LogP) is -0.219. The van der Waals surface area contributed by atoms with E-state index in [0.29, 0.717) is 11.3 Å². The highest BCUT2D eigenvalue weighted by Gasteiger charge is 1.96. The molecule has 0 spiro atoms. The molecule has 0 saturated carbocycles. The van der Waals surface area contributed by atoms with Crippen LogP contribution in [0, 0.1) is 4.77 Å². The van der Waals surface area contributed by atoms with Crippen LogP contribution < -0.4 is 11.3 Å². The first-order chi connectivity index (χ1) is 6.09. The molecule has 1 aromatic heterocycles. The molecule has 1 aromatic rings. The highest BCUT2D eigenvalue weighted by atomic mass is 32.1. The van der Waals surface area contributed by atoms with E-state index in [9.17, 15) is 9.59 Å². The van der Waals surface area contributed by atoms with Crippen LogP contribution in [0.4, 0.5) is 0 Å². The Bertz CT molecular complexity index is 420. The van der Waals surface area contributed by atoms with E-state index >= 15 is 0 Å². The summed E-state index contributed by atoms with van der Waals surface area (Å²) in [5, 5.41) is 0. The van der Waals surface area contributed by atoms with Gasteiger partial charge >= 0.3 is 0 Å². The molecule has 0 unspecified atom stereocenters. The number of rotatable bonds is 3. The van der Waals surface area contributed by atoms with Crippen molar-refractivity contribution in [3.63, 3.8) is 0 Å². The number of nitrogens with zero attached hydrogens (tertiary/aromatic N) is 1.